The highest BCUT2D eigenvalue weighted by molar-refractivity contribution is 6.30. The molecule has 1 aromatic carbocycles. The molecule has 0 radical (unpaired) electrons. The average Bonchev–Trinajstić information content (AvgIpc) is 3.57. The van der Waals surface area contributed by atoms with E-state index in [1.807, 2.05) is 0 Å². The molecule has 0 spiro atoms. The first-order valence-corrected chi connectivity index (χ1v) is 13.7. The monoisotopic (exact) mass is 571 g/mol. The van der Waals surface area contributed by atoms with E-state index in [1.54, 1.807) is 29.2 Å². The quantitative estimate of drug-likeness (QED) is 0.338. The molecule has 13 nitrogen and oxygen atoms in total. The lowest BCUT2D eigenvalue weighted by Crippen LogP contribution is -2.43. The van der Waals surface area contributed by atoms with E-state index in [9.17, 15) is 19.8 Å². The molecule has 4 heterocycles. The van der Waals surface area contributed by atoms with Gasteiger partial charge in [0.1, 0.15) is 29.3 Å². The zero-order valence-corrected chi connectivity index (χ0v) is 22.3. The molecule has 2 aliphatic heterocycles. The minimum absolute atomic E-state index is 0.0876. The number of hydrogen-bond acceptors (Lipinski definition) is 10. The molecule has 212 valence electrons. The summed E-state index contributed by atoms with van der Waals surface area (Å²) in [5, 5.41) is 24.6. The number of anilines is 1. The first kappa shape index (κ1) is 26.7. The van der Waals surface area contributed by atoms with E-state index in [0.29, 0.717) is 47.3 Å². The van der Waals surface area contributed by atoms with Crippen LogP contribution in [-0.4, -0.2) is 84.1 Å². The number of ether oxygens (including phenoxy) is 2. The number of fused-ring (bicyclic) bond motifs is 1. The SMILES string of the molecule is Nc1nc(CC2CCN(C(=O)Oc3ccc(Cl)cc3)CC2)nc2c1ncn2[C@@H]1O[C@H](C(=O)NC2CC2)[C@H](O)C1O. The minimum Gasteiger partial charge on any atom is -0.410 e. The second-order valence-corrected chi connectivity index (χ2v) is 11.0. The Hall–Kier alpha value is -3.52. The van der Waals surface area contributed by atoms with Crippen molar-refractivity contribution < 1.29 is 29.3 Å². The molecular formula is C26H30ClN7O6. The van der Waals surface area contributed by atoms with E-state index < -0.39 is 36.5 Å². The molecule has 40 heavy (non-hydrogen) atoms. The Morgan fingerprint density at radius 2 is 1.82 bits per heavy atom. The van der Waals surface area contributed by atoms with Crippen molar-refractivity contribution in [3.8, 4) is 5.75 Å². The van der Waals surface area contributed by atoms with Crippen LogP contribution in [0.3, 0.4) is 0 Å². The largest absolute Gasteiger partial charge is 0.415 e. The van der Waals surface area contributed by atoms with Crippen molar-refractivity contribution in [2.75, 3.05) is 18.8 Å². The number of imidazole rings is 1. The highest BCUT2D eigenvalue weighted by Crippen LogP contribution is 2.33. The number of halogens is 1. The summed E-state index contributed by atoms with van der Waals surface area (Å²) in [6, 6.07) is 6.71. The first-order valence-electron chi connectivity index (χ1n) is 13.3. The molecule has 2 amide bonds. The summed E-state index contributed by atoms with van der Waals surface area (Å²) >= 11 is 5.89. The molecule has 4 atom stereocenters. The molecular weight excluding hydrogens is 542 g/mol. The summed E-state index contributed by atoms with van der Waals surface area (Å²) in [6.45, 7) is 1.05. The van der Waals surface area contributed by atoms with Crippen LogP contribution in [0.15, 0.2) is 30.6 Å². The number of amides is 2. The number of aliphatic hydroxyl groups excluding tert-OH is 2. The van der Waals surface area contributed by atoms with Crippen LogP contribution in [0.25, 0.3) is 11.2 Å². The van der Waals surface area contributed by atoms with Gasteiger partial charge in [-0.3, -0.25) is 9.36 Å². The van der Waals surface area contributed by atoms with Crippen molar-refractivity contribution in [2.24, 2.45) is 5.92 Å². The smallest absolute Gasteiger partial charge is 0.410 e. The van der Waals surface area contributed by atoms with Crippen molar-refractivity contribution in [2.45, 2.75) is 62.7 Å². The maximum absolute atomic E-state index is 12.6. The van der Waals surface area contributed by atoms with Crippen LogP contribution >= 0.6 is 11.6 Å². The van der Waals surface area contributed by atoms with Crippen LogP contribution in [0.5, 0.6) is 5.75 Å². The van der Waals surface area contributed by atoms with E-state index in [0.717, 1.165) is 25.7 Å². The number of hydrogen-bond donors (Lipinski definition) is 4. The van der Waals surface area contributed by atoms with Gasteiger partial charge in [0.2, 0.25) is 0 Å². The fraction of sp³-hybridized carbons (Fsp3) is 0.500. The normalized spacial score (nSPS) is 25.3. The van der Waals surface area contributed by atoms with Crippen molar-refractivity contribution in [3.63, 3.8) is 0 Å². The van der Waals surface area contributed by atoms with Gasteiger partial charge in [-0.25, -0.2) is 19.7 Å². The molecule has 6 rings (SSSR count). The van der Waals surface area contributed by atoms with Crippen molar-refractivity contribution in [1.29, 1.82) is 0 Å². The number of rotatable bonds is 6. The average molecular weight is 572 g/mol. The van der Waals surface area contributed by atoms with Gasteiger partial charge in [0.25, 0.3) is 5.91 Å². The summed E-state index contributed by atoms with van der Waals surface area (Å²) in [5.74, 6) is 0.852. The van der Waals surface area contributed by atoms with Crippen LogP contribution in [0.1, 0.15) is 37.7 Å². The predicted molar refractivity (Wildman–Crippen MR) is 142 cm³/mol. The molecule has 3 aliphatic rings. The maximum Gasteiger partial charge on any atom is 0.415 e. The van der Waals surface area contributed by atoms with Gasteiger partial charge >= 0.3 is 6.09 Å². The number of aromatic nitrogens is 4. The van der Waals surface area contributed by atoms with Gasteiger partial charge < -0.3 is 35.6 Å². The number of piperidine rings is 1. The van der Waals surface area contributed by atoms with Gasteiger partial charge in [0.05, 0.1) is 6.33 Å². The fourth-order valence-electron chi connectivity index (χ4n) is 5.13. The molecule has 1 saturated carbocycles. The lowest BCUT2D eigenvalue weighted by Gasteiger charge is -2.31. The van der Waals surface area contributed by atoms with Gasteiger partial charge in [-0.2, -0.15) is 0 Å². The third-order valence-corrected chi connectivity index (χ3v) is 7.80. The Kier molecular flexibility index (Phi) is 7.21. The lowest BCUT2D eigenvalue weighted by molar-refractivity contribution is -0.137. The molecule has 2 saturated heterocycles. The highest BCUT2D eigenvalue weighted by atomic mass is 35.5. The molecule has 3 aromatic rings. The van der Waals surface area contributed by atoms with Crippen LogP contribution in [0.4, 0.5) is 10.6 Å². The van der Waals surface area contributed by atoms with Crippen LogP contribution in [0.2, 0.25) is 5.02 Å². The minimum atomic E-state index is -1.41. The lowest BCUT2D eigenvalue weighted by atomic mass is 9.93. The van der Waals surface area contributed by atoms with E-state index in [1.165, 1.54) is 10.9 Å². The van der Waals surface area contributed by atoms with Crippen molar-refractivity contribution in [3.05, 3.63) is 41.4 Å². The number of nitrogens with zero attached hydrogens (tertiary/aromatic N) is 5. The molecule has 1 unspecified atom stereocenters. The van der Waals surface area contributed by atoms with Gasteiger partial charge in [-0.1, -0.05) is 11.6 Å². The van der Waals surface area contributed by atoms with Crippen LogP contribution < -0.4 is 15.8 Å². The number of likely N-dealkylation sites (tertiary alicyclic amines) is 1. The topological polar surface area (TPSA) is 178 Å². The summed E-state index contributed by atoms with van der Waals surface area (Å²) in [7, 11) is 0. The zero-order valence-electron chi connectivity index (χ0n) is 21.5. The Balaban J connectivity index is 1.11. The summed E-state index contributed by atoms with van der Waals surface area (Å²) < 4.78 is 12.7. The van der Waals surface area contributed by atoms with Gasteiger partial charge in [-0.15, -0.1) is 0 Å². The standard InChI is InChI=1S/C26H30ClN7O6/c27-14-1-5-16(6-2-14)39-26(38)33-9-7-13(8-10-33)11-17-31-22(28)18-23(32-17)34(12-29-18)25-20(36)19(35)21(40-25)24(37)30-15-3-4-15/h1-2,5-6,12-13,15,19-21,25,35-36H,3-4,7-11H2,(H,30,37)(H2,28,31,32)/t19-,20?,21+,25-/m1/s1. The maximum atomic E-state index is 12.6. The first-order chi connectivity index (χ1) is 19.3. The molecule has 1 aliphatic carbocycles. The fourth-order valence-corrected chi connectivity index (χ4v) is 5.25. The third kappa shape index (κ3) is 5.42. The second-order valence-electron chi connectivity index (χ2n) is 10.5. The Morgan fingerprint density at radius 3 is 2.52 bits per heavy atom. The molecule has 5 N–H and O–H groups in total. The Morgan fingerprint density at radius 1 is 1.10 bits per heavy atom. The number of carbonyl (C=O) groups is 2. The van der Waals surface area contributed by atoms with E-state index in [-0.39, 0.29) is 17.8 Å². The van der Waals surface area contributed by atoms with E-state index in [2.05, 4.69) is 20.3 Å². The molecule has 3 fully saturated rings. The number of nitrogen functional groups attached to an aromatic ring is 1. The predicted octanol–water partition coefficient (Wildman–Crippen LogP) is 1.41. The summed E-state index contributed by atoms with van der Waals surface area (Å²) in [5.41, 5.74) is 6.87. The zero-order chi connectivity index (χ0) is 28.0. The Bertz CT molecular complexity index is 1410. The van der Waals surface area contributed by atoms with Gasteiger partial charge in [0.15, 0.2) is 23.8 Å². The highest BCUT2D eigenvalue weighted by Gasteiger charge is 2.48. The van der Waals surface area contributed by atoms with E-state index in [4.69, 9.17) is 26.8 Å². The van der Waals surface area contributed by atoms with Crippen LogP contribution in [0, 0.1) is 5.92 Å². The number of benzene rings is 1. The van der Waals surface area contributed by atoms with Crippen molar-refractivity contribution in [1.82, 2.24) is 29.7 Å². The number of nitrogens with one attached hydrogen (secondary N) is 1. The second kappa shape index (κ2) is 10.8. The third-order valence-electron chi connectivity index (χ3n) is 7.55. The molecule has 14 heteroatoms. The molecule has 0 bridgehead atoms. The summed E-state index contributed by atoms with van der Waals surface area (Å²) in [4.78, 5) is 40.1. The molecule has 2 aromatic heterocycles. The van der Waals surface area contributed by atoms with Crippen molar-refractivity contribution >= 4 is 40.6 Å². The number of carbonyl (C=O) groups excluding carboxylic acids is 2. The van der Waals surface area contributed by atoms with Gasteiger partial charge in [-0.05, 0) is 55.9 Å². The number of nitrogens with two attached hydrogens (primary N) is 1. The van der Waals surface area contributed by atoms with E-state index >= 15 is 0 Å². The summed E-state index contributed by atoms with van der Waals surface area (Å²) in [6.07, 6.45) is -0.319. The van der Waals surface area contributed by atoms with Crippen LogP contribution in [-0.2, 0) is 16.0 Å². The van der Waals surface area contributed by atoms with Gasteiger partial charge in [0, 0.05) is 30.6 Å². The Labute approximate surface area is 234 Å². The number of aliphatic hydroxyl groups is 2.